The van der Waals surface area contributed by atoms with Crippen molar-refractivity contribution in [1.29, 1.82) is 5.26 Å². The smallest absolute Gasteiger partial charge is 0.137 e. The first-order valence-corrected chi connectivity index (χ1v) is 5.36. The van der Waals surface area contributed by atoms with Gasteiger partial charge in [0.25, 0.3) is 0 Å². The second kappa shape index (κ2) is 5.19. The lowest BCUT2D eigenvalue weighted by Crippen LogP contribution is -1.90. The van der Waals surface area contributed by atoms with Gasteiger partial charge in [0.05, 0.1) is 26.0 Å². The van der Waals surface area contributed by atoms with Crippen LogP contribution in [0.3, 0.4) is 0 Å². The molecule has 0 aliphatic rings. The molecular formula is C14H12N2O2. The minimum atomic E-state index is 0.498. The van der Waals surface area contributed by atoms with Crippen molar-refractivity contribution in [2.45, 2.75) is 0 Å². The Bertz CT molecular complexity index is 603. The van der Waals surface area contributed by atoms with Gasteiger partial charge in [-0.15, -0.1) is 0 Å². The maximum atomic E-state index is 9.05. The molecule has 0 unspecified atom stereocenters. The van der Waals surface area contributed by atoms with Gasteiger partial charge in [0, 0.05) is 11.8 Å². The number of nitrogens with zero attached hydrogens (tertiary/aromatic N) is 2. The minimum Gasteiger partial charge on any atom is -0.495 e. The highest BCUT2D eigenvalue weighted by molar-refractivity contribution is 5.67. The molecular weight excluding hydrogens is 228 g/mol. The lowest BCUT2D eigenvalue weighted by atomic mass is 10.0. The second-order valence-corrected chi connectivity index (χ2v) is 3.64. The van der Waals surface area contributed by atoms with Crippen molar-refractivity contribution >= 4 is 0 Å². The lowest BCUT2D eigenvalue weighted by Gasteiger charge is -2.07. The molecule has 0 atom stereocenters. The molecule has 0 saturated carbocycles. The largest absolute Gasteiger partial charge is 0.495 e. The van der Waals surface area contributed by atoms with Crippen molar-refractivity contribution in [3.8, 4) is 28.7 Å². The maximum absolute atomic E-state index is 9.05. The molecule has 0 aliphatic carbocycles. The fourth-order valence-electron chi connectivity index (χ4n) is 1.66. The molecule has 0 amide bonds. The summed E-state index contributed by atoms with van der Waals surface area (Å²) in [7, 11) is 3.14. The highest BCUT2D eigenvalue weighted by Gasteiger charge is 2.06. The van der Waals surface area contributed by atoms with Crippen LogP contribution in [0.15, 0.2) is 36.7 Å². The van der Waals surface area contributed by atoms with Crippen LogP contribution in [-0.2, 0) is 0 Å². The van der Waals surface area contributed by atoms with Crippen LogP contribution in [0.25, 0.3) is 11.1 Å². The van der Waals surface area contributed by atoms with Gasteiger partial charge in [0.2, 0.25) is 0 Å². The summed E-state index contributed by atoms with van der Waals surface area (Å²) >= 11 is 0. The Morgan fingerprint density at radius 3 is 2.56 bits per heavy atom. The molecule has 0 radical (unpaired) electrons. The van der Waals surface area contributed by atoms with Gasteiger partial charge < -0.3 is 9.47 Å². The van der Waals surface area contributed by atoms with Crippen molar-refractivity contribution < 1.29 is 9.47 Å². The first-order valence-electron chi connectivity index (χ1n) is 5.36. The predicted molar refractivity (Wildman–Crippen MR) is 67.5 cm³/mol. The topological polar surface area (TPSA) is 55.1 Å². The first-order chi connectivity index (χ1) is 8.78. The Balaban J connectivity index is 2.48. The molecule has 0 saturated heterocycles. The quantitative estimate of drug-likeness (QED) is 0.827. The Kier molecular flexibility index (Phi) is 3.44. The third-order valence-corrected chi connectivity index (χ3v) is 2.60. The number of pyridine rings is 1. The van der Waals surface area contributed by atoms with E-state index in [1.807, 2.05) is 12.1 Å². The fourth-order valence-corrected chi connectivity index (χ4v) is 1.66. The summed E-state index contributed by atoms with van der Waals surface area (Å²) in [5.41, 5.74) is 2.30. The number of nitriles is 1. The molecule has 90 valence electrons. The summed E-state index contributed by atoms with van der Waals surface area (Å²) < 4.78 is 10.2. The third kappa shape index (κ3) is 2.25. The van der Waals surface area contributed by atoms with Gasteiger partial charge >= 0.3 is 0 Å². The van der Waals surface area contributed by atoms with Gasteiger partial charge in [0.1, 0.15) is 17.6 Å². The Hall–Kier alpha value is -2.54. The first kappa shape index (κ1) is 11.9. The van der Waals surface area contributed by atoms with Crippen molar-refractivity contribution in [3.63, 3.8) is 0 Å². The summed E-state index contributed by atoms with van der Waals surface area (Å²) in [6.07, 6.45) is 3.36. The molecule has 1 aromatic heterocycles. The molecule has 1 heterocycles. The fraction of sp³-hybridized carbons (Fsp3) is 0.143. The van der Waals surface area contributed by atoms with Crippen molar-refractivity contribution in [1.82, 2.24) is 4.98 Å². The molecule has 2 rings (SSSR count). The molecule has 4 heteroatoms. The molecule has 0 fully saturated rings. The third-order valence-electron chi connectivity index (χ3n) is 2.60. The van der Waals surface area contributed by atoms with Crippen LogP contribution in [0.5, 0.6) is 11.5 Å². The number of hydrogen-bond donors (Lipinski definition) is 0. The zero-order chi connectivity index (χ0) is 13.0. The zero-order valence-corrected chi connectivity index (χ0v) is 10.2. The van der Waals surface area contributed by atoms with E-state index in [0.29, 0.717) is 17.1 Å². The molecule has 0 bridgehead atoms. The Morgan fingerprint density at radius 2 is 1.89 bits per heavy atom. The van der Waals surface area contributed by atoms with Crippen LogP contribution in [0, 0.1) is 11.3 Å². The summed E-state index contributed by atoms with van der Waals surface area (Å²) in [6, 6.07) is 9.41. The summed E-state index contributed by atoms with van der Waals surface area (Å²) in [6.45, 7) is 0. The number of ether oxygens (including phenoxy) is 2. The van der Waals surface area contributed by atoms with Crippen molar-refractivity contribution in [2.75, 3.05) is 14.2 Å². The molecule has 18 heavy (non-hydrogen) atoms. The summed E-state index contributed by atoms with van der Waals surface area (Å²) in [5, 5.41) is 9.05. The normalized spacial score (nSPS) is 9.61. The standard InChI is InChI=1S/C14H12N2O2/c1-17-13-6-12(8-16-9-13)10-3-4-14(18-2)11(5-10)7-15/h3-6,8-9H,1-2H3. The van der Waals surface area contributed by atoms with Gasteiger partial charge in [-0.05, 0) is 23.8 Å². The number of aromatic nitrogens is 1. The molecule has 4 nitrogen and oxygen atoms in total. The maximum Gasteiger partial charge on any atom is 0.137 e. The van der Waals surface area contributed by atoms with E-state index < -0.39 is 0 Å². The average Bonchev–Trinajstić information content (AvgIpc) is 2.46. The van der Waals surface area contributed by atoms with E-state index in [1.165, 1.54) is 0 Å². The van der Waals surface area contributed by atoms with Gasteiger partial charge in [-0.2, -0.15) is 5.26 Å². The Labute approximate surface area is 105 Å². The number of rotatable bonds is 3. The van der Waals surface area contributed by atoms with E-state index in [4.69, 9.17) is 14.7 Å². The lowest BCUT2D eigenvalue weighted by molar-refractivity contribution is 0.413. The summed E-state index contributed by atoms with van der Waals surface area (Å²) in [5.74, 6) is 1.25. The van der Waals surface area contributed by atoms with Crippen LogP contribution < -0.4 is 9.47 Å². The average molecular weight is 240 g/mol. The van der Waals surface area contributed by atoms with Gasteiger partial charge in [-0.25, -0.2) is 0 Å². The van der Waals surface area contributed by atoms with E-state index in [0.717, 1.165) is 11.1 Å². The van der Waals surface area contributed by atoms with Crippen molar-refractivity contribution in [2.24, 2.45) is 0 Å². The second-order valence-electron chi connectivity index (χ2n) is 3.64. The monoisotopic (exact) mass is 240 g/mol. The number of methoxy groups -OCH3 is 2. The minimum absolute atomic E-state index is 0.498. The van der Waals surface area contributed by atoms with Crippen LogP contribution in [-0.4, -0.2) is 19.2 Å². The van der Waals surface area contributed by atoms with Crippen LogP contribution in [0.4, 0.5) is 0 Å². The summed E-state index contributed by atoms with van der Waals surface area (Å²) in [4.78, 5) is 4.09. The van der Waals surface area contributed by atoms with E-state index in [2.05, 4.69) is 11.1 Å². The van der Waals surface area contributed by atoms with E-state index in [1.54, 1.807) is 38.7 Å². The van der Waals surface area contributed by atoms with Crippen molar-refractivity contribution in [3.05, 3.63) is 42.2 Å². The van der Waals surface area contributed by atoms with E-state index in [9.17, 15) is 0 Å². The molecule has 1 aromatic carbocycles. The van der Waals surface area contributed by atoms with Crippen LogP contribution in [0.2, 0.25) is 0 Å². The number of benzene rings is 1. The molecule has 2 aromatic rings. The van der Waals surface area contributed by atoms with Gasteiger partial charge in [-0.1, -0.05) is 6.07 Å². The van der Waals surface area contributed by atoms with Crippen LogP contribution in [0.1, 0.15) is 5.56 Å². The van der Waals surface area contributed by atoms with Gasteiger partial charge in [-0.3, -0.25) is 4.98 Å². The SMILES string of the molecule is COc1cncc(-c2ccc(OC)c(C#N)c2)c1. The number of hydrogen-bond acceptors (Lipinski definition) is 4. The Morgan fingerprint density at radius 1 is 1.06 bits per heavy atom. The van der Waals surface area contributed by atoms with E-state index in [-0.39, 0.29) is 0 Å². The molecule has 0 spiro atoms. The highest BCUT2D eigenvalue weighted by atomic mass is 16.5. The molecule has 0 aliphatic heterocycles. The molecule has 0 N–H and O–H groups in total. The predicted octanol–water partition coefficient (Wildman–Crippen LogP) is 2.64. The van der Waals surface area contributed by atoms with E-state index >= 15 is 0 Å². The van der Waals surface area contributed by atoms with Gasteiger partial charge in [0.15, 0.2) is 0 Å². The van der Waals surface area contributed by atoms with Crippen LogP contribution >= 0.6 is 0 Å². The highest BCUT2D eigenvalue weighted by Crippen LogP contribution is 2.27. The zero-order valence-electron chi connectivity index (χ0n) is 10.2.